The second-order valence-corrected chi connectivity index (χ2v) is 6.25. The van der Waals surface area contributed by atoms with Crippen molar-refractivity contribution in [3.63, 3.8) is 0 Å². The van der Waals surface area contributed by atoms with Crippen molar-refractivity contribution in [1.29, 1.82) is 0 Å². The van der Waals surface area contributed by atoms with Crippen molar-refractivity contribution in [2.75, 3.05) is 36.0 Å². The van der Waals surface area contributed by atoms with Crippen molar-refractivity contribution < 1.29 is 23.8 Å². The van der Waals surface area contributed by atoms with Crippen LogP contribution >= 0.6 is 0 Å². The van der Waals surface area contributed by atoms with Gasteiger partial charge in [-0.15, -0.1) is 0 Å². The number of cyclic esters (lactones) is 1. The number of carbonyl (C=O) groups excluding carboxylic acids is 2. The highest BCUT2D eigenvalue weighted by atomic mass is 19.1. The Kier molecular flexibility index (Phi) is 6.28. The molecule has 2 saturated heterocycles. The van der Waals surface area contributed by atoms with E-state index in [1.807, 2.05) is 13.8 Å². The molecule has 1 aromatic heterocycles. The number of hydrogen-bond donors (Lipinski definition) is 2. The van der Waals surface area contributed by atoms with Gasteiger partial charge in [0, 0.05) is 30.4 Å². The maximum Gasteiger partial charge on any atom is 0.414 e. The molecule has 0 spiro atoms. The minimum absolute atomic E-state index is 0.169. The summed E-state index contributed by atoms with van der Waals surface area (Å²) in [5.41, 5.74) is 1.24. The molecule has 0 bridgehead atoms. The van der Waals surface area contributed by atoms with Crippen LogP contribution in [0.3, 0.4) is 0 Å². The molecular weight excluding hydrogens is 379 g/mol. The predicted molar refractivity (Wildman–Crippen MR) is 106 cm³/mol. The second kappa shape index (κ2) is 8.87. The summed E-state index contributed by atoms with van der Waals surface area (Å²) in [7, 11) is 0. The van der Waals surface area contributed by atoms with Gasteiger partial charge in [-0.1, -0.05) is 13.8 Å². The summed E-state index contributed by atoms with van der Waals surface area (Å²) in [5, 5.41) is 11.8. The molecule has 2 aromatic rings. The number of ether oxygens (including phenoxy) is 1. The molecule has 1 unspecified atom stereocenters. The van der Waals surface area contributed by atoms with Crippen molar-refractivity contribution in [1.82, 2.24) is 10.3 Å². The Hall–Kier alpha value is -3.20. The van der Waals surface area contributed by atoms with Crippen LogP contribution in [0.2, 0.25) is 0 Å². The number of halogens is 1. The van der Waals surface area contributed by atoms with Gasteiger partial charge in [0.2, 0.25) is 0 Å². The maximum absolute atomic E-state index is 14.6. The van der Waals surface area contributed by atoms with Crippen LogP contribution in [0.1, 0.15) is 13.8 Å². The highest BCUT2D eigenvalue weighted by Gasteiger charge is 2.32. The van der Waals surface area contributed by atoms with E-state index in [1.54, 1.807) is 24.3 Å². The highest BCUT2D eigenvalue weighted by molar-refractivity contribution is 5.93. The zero-order valence-corrected chi connectivity index (χ0v) is 16.3. The van der Waals surface area contributed by atoms with Crippen LogP contribution in [0.5, 0.6) is 0 Å². The smallest absolute Gasteiger partial charge is 0.414 e. The number of nitrogens with zero attached hydrogens (tertiary/aromatic N) is 3. The van der Waals surface area contributed by atoms with Crippen LogP contribution in [-0.2, 0) is 4.74 Å². The molecule has 1 aromatic carbocycles. The number of urea groups is 1. The number of carbonyl (C=O) groups is 2. The van der Waals surface area contributed by atoms with Crippen molar-refractivity contribution in [3.05, 3.63) is 42.3 Å². The molecule has 8 nitrogen and oxygen atoms in total. The molecule has 3 heterocycles. The summed E-state index contributed by atoms with van der Waals surface area (Å²) in [6, 6.07) is 7.57. The lowest BCUT2D eigenvalue weighted by Gasteiger charge is -2.15. The zero-order valence-electron chi connectivity index (χ0n) is 16.3. The lowest BCUT2D eigenvalue weighted by atomic mass is 10.1. The van der Waals surface area contributed by atoms with E-state index >= 15 is 0 Å². The van der Waals surface area contributed by atoms with Gasteiger partial charge in [-0.2, -0.15) is 0 Å². The molecule has 3 amide bonds. The van der Waals surface area contributed by atoms with Crippen LogP contribution < -0.4 is 15.1 Å². The Morgan fingerprint density at radius 2 is 2.03 bits per heavy atom. The Balaban J connectivity index is 0.00000117. The molecule has 0 saturated carbocycles. The van der Waals surface area contributed by atoms with Crippen molar-refractivity contribution in [2.24, 2.45) is 0 Å². The lowest BCUT2D eigenvalue weighted by molar-refractivity contribution is 0.0963. The van der Waals surface area contributed by atoms with Gasteiger partial charge in [0.05, 0.1) is 18.8 Å². The third-order valence-corrected chi connectivity index (χ3v) is 4.53. The summed E-state index contributed by atoms with van der Waals surface area (Å²) < 4.78 is 19.6. The maximum atomic E-state index is 14.6. The number of aliphatic hydroxyl groups excluding tert-OH is 1. The number of anilines is 2. The van der Waals surface area contributed by atoms with Crippen LogP contribution in [0.4, 0.5) is 25.5 Å². The van der Waals surface area contributed by atoms with Gasteiger partial charge in [-0.05, 0) is 30.3 Å². The number of aromatic nitrogens is 1. The van der Waals surface area contributed by atoms with Gasteiger partial charge in [-0.3, -0.25) is 9.80 Å². The zero-order chi connectivity index (χ0) is 21.0. The molecule has 29 heavy (non-hydrogen) atoms. The Labute approximate surface area is 167 Å². The van der Waals surface area contributed by atoms with Crippen LogP contribution in [0.25, 0.3) is 11.1 Å². The van der Waals surface area contributed by atoms with Gasteiger partial charge in [-0.25, -0.2) is 19.0 Å². The van der Waals surface area contributed by atoms with E-state index in [4.69, 9.17) is 9.84 Å². The van der Waals surface area contributed by atoms with Gasteiger partial charge >= 0.3 is 12.1 Å². The molecule has 9 heteroatoms. The number of pyridine rings is 1. The Morgan fingerprint density at radius 1 is 1.24 bits per heavy atom. The third kappa shape index (κ3) is 4.14. The molecule has 4 rings (SSSR count). The Bertz CT molecular complexity index is 891. The fourth-order valence-electron chi connectivity index (χ4n) is 3.13. The van der Waals surface area contributed by atoms with Gasteiger partial charge in [0.15, 0.2) is 0 Å². The lowest BCUT2D eigenvalue weighted by Crippen LogP contribution is -2.28. The first-order chi connectivity index (χ1) is 14.1. The highest BCUT2D eigenvalue weighted by Crippen LogP contribution is 2.29. The standard InChI is InChI=1S/C18H17FN4O4.C2H6/c19-15-7-12(23-9-13(10-24)27-18(23)26)2-3-14(15)11-1-4-16(21-8-11)22-6-5-20-17(22)25;1-2/h1-4,7-8,13,24H,5-6,9-10H2,(H,20,25);1-2H3. The number of benzene rings is 1. The van der Waals surface area contributed by atoms with E-state index < -0.39 is 18.0 Å². The SMILES string of the molecule is CC.O=C1OC(CO)CN1c1ccc(-c2ccc(N3CCNC3=O)nc2)c(F)c1. The fourth-order valence-corrected chi connectivity index (χ4v) is 3.13. The third-order valence-electron chi connectivity index (χ3n) is 4.53. The normalized spacial score (nSPS) is 18.3. The van der Waals surface area contributed by atoms with E-state index in [0.717, 1.165) is 0 Å². The van der Waals surface area contributed by atoms with E-state index in [1.165, 1.54) is 22.1 Å². The van der Waals surface area contributed by atoms with E-state index in [-0.39, 0.29) is 19.2 Å². The molecule has 0 aliphatic carbocycles. The number of rotatable bonds is 4. The Morgan fingerprint density at radius 3 is 2.59 bits per heavy atom. The van der Waals surface area contributed by atoms with Gasteiger partial charge in [0.1, 0.15) is 17.7 Å². The quantitative estimate of drug-likeness (QED) is 0.820. The molecule has 2 aliphatic heterocycles. The van der Waals surface area contributed by atoms with E-state index in [9.17, 15) is 14.0 Å². The number of amides is 3. The summed E-state index contributed by atoms with van der Waals surface area (Å²) in [5.74, 6) is -0.0122. The molecule has 1 atom stereocenters. The molecule has 154 valence electrons. The van der Waals surface area contributed by atoms with Gasteiger partial charge in [0.25, 0.3) is 0 Å². The summed E-state index contributed by atoms with van der Waals surface area (Å²) in [6.07, 6.45) is 0.279. The summed E-state index contributed by atoms with van der Waals surface area (Å²) in [6.45, 7) is 4.99. The summed E-state index contributed by atoms with van der Waals surface area (Å²) >= 11 is 0. The van der Waals surface area contributed by atoms with Gasteiger partial charge < -0.3 is 15.2 Å². The topological polar surface area (TPSA) is 95.0 Å². The molecular formula is C20H23FN4O4. The monoisotopic (exact) mass is 402 g/mol. The number of hydrogen-bond acceptors (Lipinski definition) is 5. The van der Waals surface area contributed by atoms with E-state index in [0.29, 0.717) is 35.7 Å². The van der Waals surface area contributed by atoms with Crippen LogP contribution in [-0.4, -0.2) is 54.6 Å². The second-order valence-electron chi connectivity index (χ2n) is 6.25. The first-order valence-electron chi connectivity index (χ1n) is 9.47. The molecule has 2 N–H and O–H groups in total. The van der Waals surface area contributed by atoms with Crippen molar-refractivity contribution in [2.45, 2.75) is 20.0 Å². The minimum atomic E-state index is -0.615. The van der Waals surface area contributed by atoms with E-state index in [2.05, 4.69) is 10.3 Å². The minimum Gasteiger partial charge on any atom is -0.441 e. The first kappa shape index (κ1) is 20.5. The average molecular weight is 402 g/mol. The predicted octanol–water partition coefficient (Wildman–Crippen LogP) is 2.76. The number of aliphatic hydroxyl groups is 1. The van der Waals surface area contributed by atoms with Crippen molar-refractivity contribution in [3.8, 4) is 11.1 Å². The first-order valence-corrected chi connectivity index (χ1v) is 9.47. The summed E-state index contributed by atoms with van der Waals surface area (Å²) in [4.78, 5) is 30.5. The molecule has 0 radical (unpaired) electrons. The molecule has 2 fully saturated rings. The van der Waals surface area contributed by atoms with Crippen LogP contribution in [0.15, 0.2) is 36.5 Å². The molecule has 2 aliphatic rings. The number of nitrogens with one attached hydrogen (secondary N) is 1. The fraction of sp³-hybridized carbons (Fsp3) is 0.350. The van der Waals surface area contributed by atoms with Crippen molar-refractivity contribution >= 4 is 23.6 Å². The largest absolute Gasteiger partial charge is 0.441 e. The average Bonchev–Trinajstić information content (AvgIpc) is 3.35. The van der Waals surface area contributed by atoms with Crippen LogP contribution in [0, 0.1) is 5.82 Å².